The van der Waals surface area contributed by atoms with Gasteiger partial charge in [-0.25, -0.2) is 13.1 Å². The van der Waals surface area contributed by atoms with Crippen LogP contribution in [0.4, 0.5) is 0 Å². The minimum Gasteiger partial charge on any atom is -0.388 e. The van der Waals surface area contributed by atoms with E-state index in [1.165, 1.54) is 12.1 Å². The van der Waals surface area contributed by atoms with Crippen molar-refractivity contribution in [1.29, 1.82) is 0 Å². The first kappa shape index (κ1) is 19.8. The summed E-state index contributed by atoms with van der Waals surface area (Å²) in [5, 5.41) is 22.7. The molecule has 0 bridgehead atoms. The topological polar surface area (TPSA) is 125 Å². The lowest BCUT2D eigenvalue weighted by molar-refractivity contribution is -0.125. The lowest BCUT2D eigenvalue weighted by Crippen LogP contribution is -2.40. The molecule has 140 valence electrons. The van der Waals surface area contributed by atoms with Gasteiger partial charge < -0.3 is 20.3 Å². The van der Waals surface area contributed by atoms with Gasteiger partial charge in [0.2, 0.25) is 15.9 Å². The molecule has 1 aliphatic heterocycles. The van der Waals surface area contributed by atoms with Crippen molar-refractivity contribution in [3.8, 4) is 0 Å². The van der Waals surface area contributed by atoms with Crippen LogP contribution in [-0.4, -0.2) is 61.5 Å². The smallest absolute Gasteiger partial charge is 0.240 e. The summed E-state index contributed by atoms with van der Waals surface area (Å²) in [6, 6.07) is 7.74. The van der Waals surface area contributed by atoms with E-state index in [-0.39, 0.29) is 29.8 Å². The fourth-order valence-electron chi connectivity index (χ4n) is 2.60. The highest BCUT2D eigenvalue weighted by molar-refractivity contribution is 7.89. The summed E-state index contributed by atoms with van der Waals surface area (Å²) in [7, 11) is -3.75. The van der Waals surface area contributed by atoms with Crippen LogP contribution in [0.25, 0.3) is 0 Å². The quantitative estimate of drug-likeness (QED) is 0.505. The van der Waals surface area contributed by atoms with Gasteiger partial charge in [0.15, 0.2) is 0 Å². The van der Waals surface area contributed by atoms with Crippen LogP contribution in [-0.2, 0) is 19.6 Å². The van der Waals surface area contributed by atoms with E-state index in [0.29, 0.717) is 0 Å². The van der Waals surface area contributed by atoms with Crippen LogP contribution < -0.4 is 10.0 Å². The molecule has 0 spiro atoms. The molecule has 0 aromatic heterocycles. The minimum atomic E-state index is -3.75. The van der Waals surface area contributed by atoms with Crippen molar-refractivity contribution in [2.45, 2.75) is 55.6 Å². The molecule has 0 aliphatic carbocycles. The van der Waals surface area contributed by atoms with E-state index in [1.54, 1.807) is 32.0 Å². The first-order valence-corrected chi connectivity index (χ1v) is 9.54. The van der Waals surface area contributed by atoms with Crippen molar-refractivity contribution >= 4 is 15.9 Å². The molecule has 4 N–H and O–H groups in total. The molecule has 0 saturated carbocycles. The zero-order chi connectivity index (χ0) is 18.6. The van der Waals surface area contributed by atoms with Crippen molar-refractivity contribution < 1.29 is 28.2 Å². The van der Waals surface area contributed by atoms with Gasteiger partial charge in [0, 0.05) is 12.6 Å². The zero-order valence-electron chi connectivity index (χ0n) is 14.1. The maximum atomic E-state index is 12.2. The van der Waals surface area contributed by atoms with Gasteiger partial charge in [0.25, 0.3) is 0 Å². The van der Waals surface area contributed by atoms with Crippen molar-refractivity contribution in [1.82, 2.24) is 10.0 Å². The van der Waals surface area contributed by atoms with Crippen LogP contribution in [0.1, 0.15) is 20.3 Å². The Hall–Kier alpha value is -1.52. The van der Waals surface area contributed by atoms with E-state index < -0.39 is 34.4 Å². The van der Waals surface area contributed by atoms with Gasteiger partial charge in [-0.05, 0) is 26.0 Å². The Bertz CT molecular complexity index is 679. The first-order valence-electron chi connectivity index (χ1n) is 8.06. The van der Waals surface area contributed by atoms with Crippen LogP contribution in [0.3, 0.4) is 0 Å². The second kappa shape index (κ2) is 8.24. The monoisotopic (exact) mass is 372 g/mol. The number of amides is 1. The van der Waals surface area contributed by atoms with Gasteiger partial charge in [-0.2, -0.15) is 0 Å². The van der Waals surface area contributed by atoms with Gasteiger partial charge in [-0.15, -0.1) is 0 Å². The number of hydrogen-bond donors (Lipinski definition) is 4. The first-order chi connectivity index (χ1) is 11.7. The Morgan fingerprint density at radius 1 is 1.16 bits per heavy atom. The number of ether oxygens (including phenoxy) is 1. The molecule has 25 heavy (non-hydrogen) atoms. The number of hydrogen-bond acceptors (Lipinski definition) is 6. The van der Waals surface area contributed by atoms with Crippen molar-refractivity contribution in [3.63, 3.8) is 0 Å². The molecule has 1 aromatic rings. The number of benzene rings is 1. The Morgan fingerprint density at radius 2 is 1.76 bits per heavy atom. The highest BCUT2D eigenvalue weighted by Crippen LogP contribution is 2.23. The molecule has 1 saturated heterocycles. The van der Waals surface area contributed by atoms with Crippen molar-refractivity contribution in [2.75, 3.05) is 6.54 Å². The molecule has 8 nitrogen and oxygen atoms in total. The Kier molecular flexibility index (Phi) is 6.53. The molecule has 1 fully saturated rings. The van der Waals surface area contributed by atoms with Crippen LogP contribution in [0.15, 0.2) is 35.2 Å². The van der Waals surface area contributed by atoms with Crippen LogP contribution >= 0.6 is 0 Å². The van der Waals surface area contributed by atoms with Gasteiger partial charge in [0.05, 0.1) is 17.4 Å². The molecule has 1 aliphatic rings. The third kappa shape index (κ3) is 5.23. The Balaban J connectivity index is 1.94. The van der Waals surface area contributed by atoms with E-state index in [9.17, 15) is 23.4 Å². The average molecular weight is 372 g/mol. The fourth-order valence-corrected chi connectivity index (χ4v) is 3.67. The summed E-state index contributed by atoms with van der Waals surface area (Å²) in [4.78, 5) is 11.9. The van der Waals surface area contributed by atoms with E-state index in [0.717, 1.165) is 0 Å². The number of nitrogens with one attached hydrogen (secondary N) is 2. The highest BCUT2D eigenvalue weighted by atomic mass is 32.2. The van der Waals surface area contributed by atoms with Gasteiger partial charge in [0.1, 0.15) is 18.3 Å². The molecular formula is C16H24N2O6S. The van der Waals surface area contributed by atoms with Crippen LogP contribution in [0.2, 0.25) is 0 Å². The minimum absolute atomic E-state index is 0.0514. The Morgan fingerprint density at radius 3 is 2.36 bits per heavy atom. The second-order valence-electron chi connectivity index (χ2n) is 6.29. The lowest BCUT2D eigenvalue weighted by atomic mass is 10.1. The van der Waals surface area contributed by atoms with Crippen molar-refractivity contribution in [2.24, 2.45) is 0 Å². The van der Waals surface area contributed by atoms with E-state index in [1.807, 2.05) is 0 Å². The van der Waals surface area contributed by atoms with Gasteiger partial charge >= 0.3 is 0 Å². The van der Waals surface area contributed by atoms with E-state index in [2.05, 4.69) is 10.0 Å². The number of aliphatic hydroxyl groups is 2. The van der Waals surface area contributed by atoms with Gasteiger partial charge in [-0.1, -0.05) is 18.2 Å². The summed E-state index contributed by atoms with van der Waals surface area (Å²) in [5.74, 6) is -0.309. The summed E-state index contributed by atoms with van der Waals surface area (Å²) in [6.45, 7) is 3.40. The fraction of sp³-hybridized carbons (Fsp3) is 0.562. The molecule has 2 rings (SSSR count). The zero-order valence-corrected chi connectivity index (χ0v) is 14.9. The second-order valence-corrected chi connectivity index (χ2v) is 8.05. The molecule has 0 unspecified atom stereocenters. The third-order valence-corrected chi connectivity index (χ3v) is 5.27. The summed E-state index contributed by atoms with van der Waals surface area (Å²) >= 11 is 0. The lowest BCUT2D eigenvalue weighted by Gasteiger charge is -2.16. The molecular weight excluding hydrogens is 348 g/mol. The van der Waals surface area contributed by atoms with Gasteiger partial charge in [-0.3, -0.25) is 4.79 Å². The summed E-state index contributed by atoms with van der Waals surface area (Å²) in [5.41, 5.74) is 0. The maximum Gasteiger partial charge on any atom is 0.240 e. The van der Waals surface area contributed by atoms with Crippen molar-refractivity contribution in [3.05, 3.63) is 30.3 Å². The molecule has 1 heterocycles. The number of carbonyl (C=O) groups is 1. The highest BCUT2D eigenvalue weighted by Gasteiger charge is 2.43. The third-order valence-electron chi connectivity index (χ3n) is 3.83. The molecule has 1 aromatic carbocycles. The summed E-state index contributed by atoms with van der Waals surface area (Å²) < 4.78 is 32.2. The molecule has 0 radical (unpaired) electrons. The number of aliphatic hydroxyl groups excluding tert-OH is 2. The van der Waals surface area contributed by atoms with Crippen LogP contribution in [0.5, 0.6) is 0 Å². The average Bonchev–Trinajstić information content (AvgIpc) is 2.81. The Labute approximate surface area is 147 Å². The summed E-state index contributed by atoms with van der Waals surface area (Å²) in [6.07, 6.45) is -4.48. The number of rotatable bonds is 7. The number of sulfonamides is 1. The van der Waals surface area contributed by atoms with E-state index in [4.69, 9.17) is 4.74 Å². The normalized spacial score (nSPS) is 26.8. The number of carbonyl (C=O) groups excluding carboxylic acids is 1. The largest absolute Gasteiger partial charge is 0.388 e. The predicted molar refractivity (Wildman–Crippen MR) is 90.2 cm³/mol. The predicted octanol–water partition coefficient (Wildman–Crippen LogP) is -0.631. The maximum absolute atomic E-state index is 12.2. The molecule has 1 amide bonds. The molecule has 9 heteroatoms. The van der Waals surface area contributed by atoms with E-state index >= 15 is 0 Å². The standard InChI is InChI=1S/C16H24N2O6S/c1-10(2)18-14(19)8-12-15(20)16(21)13(24-12)9-17-25(22,23)11-6-4-3-5-7-11/h3-7,10,12-13,15-17,20-21H,8-9H2,1-2H3,(H,18,19)/t12-,13-,15+,16-/m1/s1. The molecule has 4 atom stereocenters. The van der Waals surface area contributed by atoms with Crippen LogP contribution in [0, 0.1) is 0 Å². The SMILES string of the molecule is CC(C)NC(=O)C[C@H]1O[C@H](CNS(=O)(=O)c2ccccc2)[C@@H](O)[C@H]1O.